The van der Waals surface area contributed by atoms with E-state index in [2.05, 4.69) is 15.6 Å². The summed E-state index contributed by atoms with van der Waals surface area (Å²) in [7, 11) is 0. The highest BCUT2D eigenvalue weighted by Crippen LogP contribution is 2.09. The number of aliphatic imine (C=N–C) groups is 1. The molecule has 0 saturated heterocycles. The van der Waals surface area contributed by atoms with Crippen molar-refractivity contribution < 1.29 is 38.2 Å². The molecular formula is C37H36N4O8. The molecule has 4 rings (SSSR count). The second-order valence-electron chi connectivity index (χ2n) is 10.7. The summed E-state index contributed by atoms with van der Waals surface area (Å²) < 4.78 is 15.7. The molecule has 3 amide bonds. The molecule has 1 atom stereocenters. The SMILES string of the molecule is NC(=NC(=O)OCc1ccccc1)c1ccc(C(=O)NC[C@@H](C(=O)NCCC(=O)OCc2ccccc2)C(=O)OCc2ccccc2)cc1. The van der Waals surface area contributed by atoms with Gasteiger partial charge in [0.2, 0.25) is 5.91 Å². The summed E-state index contributed by atoms with van der Waals surface area (Å²) in [4.78, 5) is 67.0. The first kappa shape index (κ1) is 35.6. The number of amidine groups is 1. The van der Waals surface area contributed by atoms with Gasteiger partial charge in [0, 0.05) is 24.2 Å². The van der Waals surface area contributed by atoms with Crippen molar-refractivity contribution in [3.63, 3.8) is 0 Å². The zero-order valence-electron chi connectivity index (χ0n) is 26.6. The average molecular weight is 665 g/mol. The topological polar surface area (TPSA) is 175 Å². The third kappa shape index (κ3) is 12.1. The van der Waals surface area contributed by atoms with Gasteiger partial charge in [-0.1, -0.05) is 103 Å². The van der Waals surface area contributed by atoms with Gasteiger partial charge in [-0.25, -0.2) is 4.79 Å². The molecule has 0 heterocycles. The van der Waals surface area contributed by atoms with Crippen LogP contribution in [0.2, 0.25) is 0 Å². The summed E-state index contributed by atoms with van der Waals surface area (Å²) in [5.41, 5.74) is 8.85. The highest BCUT2D eigenvalue weighted by molar-refractivity contribution is 6.04. The van der Waals surface area contributed by atoms with Crippen molar-refractivity contribution in [1.82, 2.24) is 10.6 Å². The fourth-order valence-electron chi connectivity index (χ4n) is 4.34. The van der Waals surface area contributed by atoms with Crippen molar-refractivity contribution in [2.24, 2.45) is 16.6 Å². The molecule has 0 radical (unpaired) electrons. The van der Waals surface area contributed by atoms with E-state index in [-0.39, 0.29) is 50.7 Å². The van der Waals surface area contributed by atoms with Gasteiger partial charge in [-0.3, -0.25) is 19.2 Å². The minimum atomic E-state index is -1.41. The first-order valence-corrected chi connectivity index (χ1v) is 15.4. The quantitative estimate of drug-likeness (QED) is 0.0556. The highest BCUT2D eigenvalue weighted by atomic mass is 16.5. The van der Waals surface area contributed by atoms with Crippen LogP contribution in [0.4, 0.5) is 4.79 Å². The predicted molar refractivity (Wildman–Crippen MR) is 180 cm³/mol. The number of amides is 3. The van der Waals surface area contributed by atoms with Crippen molar-refractivity contribution in [3.8, 4) is 0 Å². The molecule has 0 aliphatic heterocycles. The third-order valence-electron chi connectivity index (χ3n) is 7.02. The van der Waals surface area contributed by atoms with Gasteiger partial charge < -0.3 is 30.6 Å². The predicted octanol–water partition coefficient (Wildman–Crippen LogP) is 4.07. The van der Waals surface area contributed by atoms with Crippen LogP contribution in [0.25, 0.3) is 0 Å². The summed E-state index contributed by atoms with van der Waals surface area (Å²) in [6.07, 6.45) is -0.990. The molecule has 0 aliphatic rings. The molecule has 0 fully saturated rings. The molecule has 0 unspecified atom stereocenters. The van der Waals surface area contributed by atoms with Gasteiger partial charge >= 0.3 is 18.0 Å². The Morgan fingerprint density at radius 1 is 0.612 bits per heavy atom. The van der Waals surface area contributed by atoms with Crippen LogP contribution in [0.5, 0.6) is 0 Å². The van der Waals surface area contributed by atoms with Crippen LogP contribution in [0.1, 0.15) is 39.0 Å². The van der Waals surface area contributed by atoms with E-state index in [1.165, 1.54) is 24.3 Å². The van der Waals surface area contributed by atoms with Crippen molar-refractivity contribution in [2.45, 2.75) is 26.2 Å². The molecule has 4 aromatic rings. The first-order valence-electron chi connectivity index (χ1n) is 15.4. The standard InChI is InChI=1S/C37H36N4O8/c38-33(41-37(46)49-25-28-14-8-3-9-15-28)29-16-18-30(19-17-29)34(43)40-22-31(36(45)48-24-27-12-6-2-7-13-27)35(44)39-21-20-32(42)47-23-26-10-4-1-5-11-26/h1-19,31H,20-25H2,(H,39,44)(H,40,43)(H2,38,41,46)/t31-/m0/s1. The molecule has 49 heavy (non-hydrogen) atoms. The number of hydrogen-bond donors (Lipinski definition) is 3. The number of rotatable bonds is 15. The average Bonchev–Trinajstić information content (AvgIpc) is 3.13. The van der Waals surface area contributed by atoms with Crippen LogP contribution in [0, 0.1) is 5.92 Å². The zero-order chi connectivity index (χ0) is 34.8. The van der Waals surface area contributed by atoms with Crippen molar-refractivity contribution >= 4 is 35.7 Å². The molecular weight excluding hydrogens is 628 g/mol. The lowest BCUT2D eigenvalue weighted by Gasteiger charge is -2.17. The molecule has 0 aliphatic carbocycles. The number of nitrogens with zero attached hydrogens (tertiary/aromatic N) is 1. The Morgan fingerprint density at radius 3 is 1.65 bits per heavy atom. The van der Waals surface area contributed by atoms with E-state index in [9.17, 15) is 24.0 Å². The number of hydrogen-bond acceptors (Lipinski definition) is 8. The minimum absolute atomic E-state index is 0.0374. The van der Waals surface area contributed by atoms with Crippen molar-refractivity contribution in [2.75, 3.05) is 13.1 Å². The Labute approximate surface area is 283 Å². The molecule has 252 valence electrons. The van der Waals surface area contributed by atoms with Crippen molar-refractivity contribution in [3.05, 3.63) is 143 Å². The van der Waals surface area contributed by atoms with Crippen molar-refractivity contribution in [1.29, 1.82) is 0 Å². The monoisotopic (exact) mass is 664 g/mol. The maximum atomic E-state index is 13.1. The summed E-state index contributed by atoms with van der Waals surface area (Å²) in [6.45, 7) is -0.415. The van der Waals surface area contributed by atoms with E-state index in [4.69, 9.17) is 19.9 Å². The molecule has 0 saturated carbocycles. The lowest BCUT2D eigenvalue weighted by atomic mass is 10.1. The van der Waals surface area contributed by atoms with E-state index in [1.54, 1.807) is 36.4 Å². The highest BCUT2D eigenvalue weighted by Gasteiger charge is 2.29. The molecule has 4 N–H and O–H groups in total. The Kier molecular flexibility index (Phi) is 13.6. The Balaban J connectivity index is 1.30. The maximum absolute atomic E-state index is 13.1. The zero-order valence-corrected chi connectivity index (χ0v) is 26.6. The normalized spacial score (nSPS) is 11.5. The van der Waals surface area contributed by atoms with E-state index < -0.39 is 35.8 Å². The van der Waals surface area contributed by atoms with Crippen LogP contribution in [-0.4, -0.2) is 48.8 Å². The van der Waals surface area contributed by atoms with E-state index in [0.717, 1.165) is 11.1 Å². The first-order chi connectivity index (χ1) is 23.8. The second kappa shape index (κ2) is 18.7. The van der Waals surface area contributed by atoms with Gasteiger partial charge in [0.1, 0.15) is 25.7 Å². The Bertz CT molecular complexity index is 1730. The number of nitrogens with one attached hydrogen (secondary N) is 2. The number of benzene rings is 4. The number of ether oxygens (including phenoxy) is 3. The van der Waals surface area contributed by atoms with E-state index >= 15 is 0 Å². The van der Waals surface area contributed by atoms with Crippen LogP contribution in [0.15, 0.2) is 120 Å². The lowest BCUT2D eigenvalue weighted by Crippen LogP contribution is -2.44. The number of nitrogens with two attached hydrogens (primary N) is 1. The van der Waals surface area contributed by atoms with Crippen LogP contribution in [0.3, 0.4) is 0 Å². The number of carbonyl (C=O) groups is 5. The van der Waals surface area contributed by atoms with Gasteiger partial charge in [-0.05, 0) is 28.8 Å². The third-order valence-corrected chi connectivity index (χ3v) is 7.02. The summed E-state index contributed by atoms with van der Waals surface area (Å²) >= 11 is 0. The smallest absolute Gasteiger partial charge is 0.435 e. The summed E-state index contributed by atoms with van der Waals surface area (Å²) in [5.74, 6) is -4.20. The van der Waals surface area contributed by atoms with Gasteiger partial charge in [0.15, 0.2) is 5.92 Å². The molecule has 0 bridgehead atoms. The number of esters is 2. The van der Waals surface area contributed by atoms with E-state index in [1.807, 2.05) is 54.6 Å². The summed E-state index contributed by atoms with van der Waals surface area (Å²) in [5, 5.41) is 5.13. The fraction of sp³-hybridized carbons (Fsp3) is 0.189. The van der Waals surface area contributed by atoms with Crippen LogP contribution < -0.4 is 16.4 Å². The molecule has 0 aromatic heterocycles. The van der Waals surface area contributed by atoms with Crippen LogP contribution in [-0.2, 0) is 48.4 Å². The largest absolute Gasteiger partial charge is 0.461 e. The van der Waals surface area contributed by atoms with E-state index in [0.29, 0.717) is 11.1 Å². The fourth-order valence-corrected chi connectivity index (χ4v) is 4.34. The molecule has 0 spiro atoms. The van der Waals surface area contributed by atoms with Crippen LogP contribution >= 0.6 is 0 Å². The Morgan fingerprint density at radius 2 is 1.10 bits per heavy atom. The molecule has 4 aromatic carbocycles. The molecule has 12 nitrogen and oxygen atoms in total. The minimum Gasteiger partial charge on any atom is -0.461 e. The summed E-state index contributed by atoms with van der Waals surface area (Å²) in [6, 6.07) is 33.0. The second-order valence-corrected chi connectivity index (χ2v) is 10.7. The number of carbonyl (C=O) groups excluding carboxylic acids is 5. The van der Waals surface area contributed by atoms with Gasteiger partial charge in [-0.2, -0.15) is 4.99 Å². The lowest BCUT2D eigenvalue weighted by molar-refractivity contribution is -0.153. The van der Waals surface area contributed by atoms with Gasteiger partial charge in [0.25, 0.3) is 5.91 Å². The van der Waals surface area contributed by atoms with Gasteiger partial charge in [-0.15, -0.1) is 0 Å². The maximum Gasteiger partial charge on any atom is 0.435 e. The Hall–Kier alpha value is -6.30. The molecule has 12 heteroatoms. The van der Waals surface area contributed by atoms with Gasteiger partial charge in [0.05, 0.1) is 6.42 Å².